The molecule has 2 heterocycles. The van der Waals surface area contributed by atoms with Crippen molar-refractivity contribution in [3.63, 3.8) is 0 Å². The topological polar surface area (TPSA) is 104 Å². The van der Waals surface area contributed by atoms with Gasteiger partial charge in [0.1, 0.15) is 5.75 Å². The summed E-state index contributed by atoms with van der Waals surface area (Å²) in [5.41, 5.74) is 5.59. The molecule has 34 heavy (non-hydrogen) atoms. The molecule has 0 saturated carbocycles. The first-order valence-electron chi connectivity index (χ1n) is 10.3. The van der Waals surface area contributed by atoms with Crippen LogP contribution in [0.25, 0.3) is 22.3 Å². The third kappa shape index (κ3) is 4.35. The van der Waals surface area contributed by atoms with Crippen molar-refractivity contribution >= 4 is 28.6 Å². The normalized spacial score (nSPS) is 10.6. The van der Waals surface area contributed by atoms with Crippen LogP contribution < -0.4 is 4.74 Å². The maximum atomic E-state index is 11.4. The van der Waals surface area contributed by atoms with Crippen molar-refractivity contribution in [2.75, 3.05) is 0 Å². The van der Waals surface area contributed by atoms with E-state index in [0.717, 1.165) is 16.8 Å². The molecular weight excluding hydrogens is 452 g/mol. The molecule has 7 nitrogen and oxygen atoms in total. The number of hydrogen-bond donors (Lipinski definition) is 3. The summed E-state index contributed by atoms with van der Waals surface area (Å²) in [5, 5.41) is 16.7. The zero-order chi connectivity index (χ0) is 23.7. The first-order chi connectivity index (χ1) is 16.5. The number of benzene rings is 3. The van der Waals surface area contributed by atoms with Gasteiger partial charge in [-0.05, 0) is 60.5 Å². The number of aromatic amines is 2. The van der Waals surface area contributed by atoms with Crippen molar-refractivity contribution in [3.05, 3.63) is 94.1 Å². The van der Waals surface area contributed by atoms with Crippen molar-refractivity contribution in [1.82, 2.24) is 20.2 Å². The van der Waals surface area contributed by atoms with Crippen molar-refractivity contribution in [2.24, 2.45) is 0 Å². The van der Waals surface area contributed by atoms with E-state index in [2.05, 4.69) is 32.0 Å². The van der Waals surface area contributed by atoms with E-state index in [4.69, 9.17) is 16.3 Å². The molecule has 0 bridgehead atoms. The predicted octanol–water partition coefficient (Wildman–Crippen LogP) is 5.81. The summed E-state index contributed by atoms with van der Waals surface area (Å²) >= 11 is 6.43. The molecule has 0 unspecified atom stereocenters. The quantitative estimate of drug-likeness (QED) is 0.289. The number of aryl methyl sites for hydroxylation is 1. The van der Waals surface area contributed by atoms with E-state index in [1.807, 2.05) is 30.3 Å². The molecule has 5 rings (SSSR count). The van der Waals surface area contributed by atoms with Crippen LogP contribution >= 0.6 is 11.6 Å². The van der Waals surface area contributed by atoms with E-state index in [1.54, 1.807) is 37.4 Å². The maximum absolute atomic E-state index is 11.4. The third-order valence-corrected chi connectivity index (χ3v) is 5.55. The number of aromatic nitrogens is 4. The van der Waals surface area contributed by atoms with Crippen molar-refractivity contribution in [2.45, 2.75) is 6.92 Å². The molecule has 5 aromatic rings. The number of aromatic carboxylic acids is 1. The molecule has 0 amide bonds. The minimum Gasteiger partial charge on any atom is -0.478 e. The van der Waals surface area contributed by atoms with Crippen molar-refractivity contribution < 1.29 is 14.6 Å². The molecule has 2 aromatic heterocycles. The molecule has 3 N–H and O–H groups in total. The Hall–Kier alpha value is -4.54. The van der Waals surface area contributed by atoms with Gasteiger partial charge in [0.05, 0.1) is 27.3 Å². The number of carboxylic acids is 1. The number of H-pyrrole nitrogens is 2. The van der Waals surface area contributed by atoms with Crippen LogP contribution in [0.5, 0.6) is 11.8 Å². The number of carbonyl (C=O) groups is 1. The van der Waals surface area contributed by atoms with Crippen LogP contribution in [0.2, 0.25) is 5.02 Å². The molecule has 0 fully saturated rings. The number of carboxylic acid groups (broad SMARTS) is 1. The minimum absolute atomic E-state index is 0.173. The van der Waals surface area contributed by atoms with E-state index in [9.17, 15) is 9.90 Å². The molecule has 0 spiro atoms. The summed E-state index contributed by atoms with van der Waals surface area (Å²) in [7, 11) is 0. The monoisotopic (exact) mass is 468 g/mol. The standard InChI is InChI=1S/C26H17ClN4O3/c1-15-2-9-19(13-20(15)25(32)33)34-26-29-23-12-18(21(27)14-24(23)30-26)8-5-16-3-6-17(7-4-16)22-10-11-28-31-22/h2-4,6-7,9-14H,1H3,(H,28,31)(H,29,30)(H,32,33). The Morgan fingerprint density at radius 1 is 1.06 bits per heavy atom. The number of nitrogens with zero attached hydrogens (tertiary/aromatic N) is 2. The first-order valence-corrected chi connectivity index (χ1v) is 10.7. The van der Waals surface area contributed by atoms with Gasteiger partial charge in [0.2, 0.25) is 0 Å². The zero-order valence-electron chi connectivity index (χ0n) is 17.9. The van der Waals surface area contributed by atoms with Gasteiger partial charge in [-0.25, -0.2) is 4.79 Å². The van der Waals surface area contributed by atoms with E-state index in [1.165, 1.54) is 6.07 Å². The lowest BCUT2D eigenvalue weighted by molar-refractivity contribution is 0.0695. The summed E-state index contributed by atoms with van der Waals surface area (Å²) in [6, 6.07) is 18.3. The van der Waals surface area contributed by atoms with E-state index in [-0.39, 0.29) is 11.6 Å². The number of rotatable bonds is 4. The Morgan fingerprint density at radius 3 is 2.62 bits per heavy atom. The largest absolute Gasteiger partial charge is 0.478 e. The van der Waals surface area contributed by atoms with E-state index in [0.29, 0.717) is 32.9 Å². The lowest BCUT2D eigenvalue weighted by Crippen LogP contribution is -2.00. The SMILES string of the molecule is Cc1ccc(Oc2nc3cc(Cl)c(C#Cc4ccc(-c5ccn[nH]5)cc4)cc3[nH]2)cc1C(=O)O. The van der Waals surface area contributed by atoms with E-state index < -0.39 is 5.97 Å². The molecule has 166 valence electrons. The lowest BCUT2D eigenvalue weighted by Gasteiger charge is -2.05. The minimum atomic E-state index is -1.02. The number of imidazole rings is 1. The highest BCUT2D eigenvalue weighted by Crippen LogP contribution is 2.27. The Morgan fingerprint density at radius 2 is 1.88 bits per heavy atom. The molecule has 0 atom stereocenters. The fourth-order valence-corrected chi connectivity index (χ4v) is 3.65. The molecule has 0 aliphatic carbocycles. The maximum Gasteiger partial charge on any atom is 0.336 e. The van der Waals surface area contributed by atoms with Gasteiger partial charge in [-0.3, -0.25) is 5.10 Å². The second kappa shape index (κ2) is 8.77. The number of nitrogens with one attached hydrogen (secondary N) is 2. The highest BCUT2D eigenvalue weighted by Gasteiger charge is 2.12. The Labute approximate surface area is 199 Å². The smallest absolute Gasteiger partial charge is 0.336 e. The summed E-state index contributed by atoms with van der Waals surface area (Å²) in [4.78, 5) is 18.8. The highest BCUT2D eigenvalue weighted by atomic mass is 35.5. The van der Waals surface area contributed by atoms with Crippen molar-refractivity contribution in [1.29, 1.82) is 0 Å². The number of halogens is 1. The van der Waals surface area contributed by atoms with Crippen LogP contribution in [0, 0.1) is 18.8 Å². The molecule has 0 radical (unpaired) electrons. The second-order valence-electron chi connectivity index (χ2n) is 7.57. The number of ether oxygens (including phenoxy) is 1. The van der Waals surface area contributed by atoms with Crippen LogP contribution in [0.15, 0.2) is 66.9 Å². The first kappa shape index (κ1) is 21.3. The summed E-state index contributed by atoms with van der Waals surface area (Å²) < 4.78 is 5.74. The Bertz CT molecular complexity index is 1580. The lowest BCUT2D eigenvalue weighted by atomic mass is 10.1. The summed E-state index contributed by atoms with van der Waals surface area (Å²) in [6.45, 7) is 1.73. The molecule has 0 saturated heterocycles. The second-order valence-corrected chi connectivity index (χ2v) is 7.98. The summed E-state index contributed by atoms with van der Waals surface area (Å²) in [5.74, 6) is 5.58. The average Bonchev–Trinajstić information content (AvgIpc) is 3.49. The highest BCUT2D eigenvalue weighted by molar-refractivity contribution is 6.32. The van der Waals surface area contributed by atoms with Gasteiger partial charge < -0.3 is 14.8 Å². The molecule has 3 aromatic carbocycles. The zero-order valence-corrected chi connectivity index (χ0v) is 18.6. The van der Waals surface area contributed by atoms with E-state index >= 15 is 0 Å². The van der Waals surface area contributed by atoms with Gasteiger partial charge in [-0.2, -0.15) is 10.1 Å². The van der Waals surface area contributed by atoms with Crippen LogP contribution in [0.1, 0.15) is 27.0 Å². The number of hydrogen-bond acceptors (Lipinski definition) is 4. The van der Waals surface area contributed by atoms with Crippen LogP contribution in [0.3, 0.4) is 0 Å². The fraction of sp³-hybridized carbons (Fsp3) is 0.0385. The van der Waals surface area contributed by atoms with Gasteiger partial charge >= 0.3 is 5.97 Å². The molecular formula is C26H17ClN4O3. The van der Waals surface area contributed by atoms with Crippen LogP contribution in [-0.4, -0.2) is 31.2 Å². The van der Waals surface area contributed by atoms with Gasteiger partial charge in [-0.15, -0.1) is 0 Å². The Balaban J connectivity index is 1.39. The molecule has 0 aliphatic heterocycles. The predicted molar refractivity (Wildman–Crippen MR) is 129 cm³/mol. The van der Waals surface area contributed by atoms with Crippen molar-refractivity contribution in [3.8, 4) is 34.9 Å². The van der Waals surface area contributed by atoms with Gasteiger partial charge in [0, 0.05) is 17.3 Å². The molecule has 8 heteroatoms. The average molecular weight is 469 g/mol. The van der Waals surface area contributed by atoms with Crippen LogP contribution in [-0.2, 0) is 0 Å². The third-order valence-electron chi connectivity index (χ3n) is 5.24. The van der Waals surface area contributed by atoms with Gasteiger partial charge in [0.25, 0.3) is 6.01 Å². The molecule has 0 aliphatic rings. The van der Waals surface area contributed by atoms with Crippen LogP contribution in [0.4, 0.5) is 0 Å². The van der Waals surface area contributed by atoms with Gasteiger partial charge in [0.15, 0.2) is 0 Å². The fourth-order valence-electron chi connectivity index (χ4n) is 3.45. The van der Waals surface area contributed by atoms with Gasteiger partial charge in [-0.1, -0.05) is 41.6 Å². The summed E-state index contributed by atoms with van der Waals surface area (Å²) in [6.07, 6.45) is 1.71. The number of fused-ring (bicyclic) bond motifs is 1. The Kier molecular flexibility index (Phi) is 5.50.